The van der Waals surface area contributed by atoms with Crippen LogP contribution in [0.15, 0.2) is 35.7 Å². The summed E-state index contributed by atoms with van der Waals surface area (Å²) >= 11 is 7.53. The number of nitrogens with one attached hydrogen (secondary N) is 1. The van der Waals surface area contributed by atoms with Gasteiger partial charge in [-0.3, -0.25) is 19.3 Å². The van der Waals surface area contributed by atoms with Crippen LogP contribution < -0.4 is 5.32 Å². The third-order valence-electron chi connectivity index (χ3n) is 7.32. The van der Waals surface area contributed by atoms with Crippen LogP contribution in [0.2, 0.25) is 5.02 Å². The first kappa shape index (κ1) is 27.5. The molecule has 2 saturated heterocycles. The number of likely N-dealkylation sites (tertiary alicyclic amines) is 1. The molecule has 2 unspecified atom stereocenters. The molecule has 0 aromatic heterocycles. The number of fused-ring (bicyclic) bond motifs is 1. The highest BCUT2D eigenvalue weighted by molar-refractivity contribution is 8.03. The SMILES string of the molecule is CC1CCN(C(=O)CN2C(=O)N(CCCCCC(=O)NCc3ccccc3Cl)C(=O)C3SC=CC32)CC1. The van der Waals surface area contributed by atoms with Crippen LogP contribution >= 0.6 is 23.4 Å². The number of benzene rings is 1. The van der Waals surface area contributed by atoms with Gasteiger partial charge in [0.15, 0.2) is 0 Å². The number of amides is 5. The lowest BCUT2D eigenvalue weighted by Crippen LogP contribution is -2.63. The van der Waals surface area contributed by atoms with Crippen LogP contribution in [0.1, 0.15) is 51.0 Å². The maximum Gasteiger partial charge on any atom is 0.327 e. The molecule has 1 aromatic carbocycles. The first-order valence-corrected chi connectivity index (χ1v) is 14.4. The third kappa shape index (κ3) is 6.87. The zero-order valence-corrected chi connectivity index (χ0v) is 22.8. The van der Waals surface area contributed by atoms with Crippen molar-refractivity contribution in [3.05, 3.63) is 46.3 Å². The summed E-state index contributed by atoms with van der Waals surface area (Å²) in [7, 11) is 0. The summed E-state index contributed by atoms with van der Waals surface area (Å²) in [5.74, 6) is 0.304. The van der Waals surface area contributed by atoms with Crippen LogP contribution in [0.5, 0.6) is 0 Å². The normalized spacial score (nSPS) is 21.9. The summed E-state index contributed by atoms with van der Waals surface area (Å²) < 4.78 is 0. The van der Waals surface area contributed by atoms with Gasteiger partial charge < -0.3 is 15.1 Å². The van der Waals surface area contributed by atoms with Crippen molar-refractivity contribution in [2.24, 2.45) is 5.92 Å². The van der Waals surface area contributed by atoms with Crippen LogP contribution in [0.4, 0.5) is 4.79 Å². The summed E-state index contributed by atoms with van der Waals surface area (Å²) in [6.45, 7) is 4.29. The van der Waals surface area contributed by atoms with Crippen molar-refractivity contribution in [3.63, 3.8) is 0 Å². The van der Waals surface area contributed by atoms with E-state index in [0.29, 0.717) is 43.2 Å². The molecule has 3 aliphatic heterocycles. The Morgan fingerprint density at radius 3 is 2.62 bits per heavy atom. The zero-order chi connectivity index (χ0) is 26.4. The van der Waals surface area contributed by atoms with Crippen LogP contribution in [0, 0.1) is 5.92 Å². The lowest BCUT2D eigenvalue weighted by molar-refractivity contribution is -0.137. The molecule has 0 spiro atoms. The van der Waals surface area contributed by atoms with E-state index in [1.54, 1.807) is 11.0 Å². The maximum atomic E-state index is 13.3. The van der Waals surface area contributed by atoms with Crippen LogP contribution in [0.25, 0.3) is 0 Å². The van der Waals surface area contributed by atoms with Crippen LogP contribution in [-0.2, 0) is 20.9 Å². The number of nitrogens with zero attached hydrogens (tertiary/aromatic N) is 3. The van der Waals surface area contributed by atoms with E-state index in [1.165, 1.54) is 16.7 Å². The summed E-state index contributed by atoms with van der Waals surface area (Å²) in [5, 5.41) is 4.95. The maximum absolute atomic E-state index is 13.3. The van der Waals surface area contributed by atoms with E-state index in [0.717, 1.165) is 31.5 Å². The Balaban J connectivity index is 1.24. The van der Waals surface area contributed by atoms with Crippen molar-refractivity contribution in [1.29, 1.82) is 0 Å². The smallest absolute Gasteiger partial charge is 0.327 e. The van der Waals surface area contributed by atoms with E-state index in [-0.39, 0.29) is 36.9 Å². The molecule has 2 atom stereocenters. The Morgan fingerprint density at radius 2 is 1.86 bits per heavy atom. The summed E-state index contributed by atoms with van der Waals surface area (Å²) in [6, 6.07) is 6.62. The minimum Gasteiger partial charge on any atom is -0.352 e. The fourth-order valence-electron chi connectivity index (χ4n) is 4.93. The zero-order valence-electron chi connectivity index (χ0n) is 21.2. The molecular weight excluding hydrogens is 512 g/mol. The number of imide groups is 1. The van der Waals surface area contributed by atoms with Crippen molar-refractivity contribution in [3.8, 4) is 0 Å². The van der Waals surface area contributed by atoms with E-state index < -0.39 is 11.3 Å². The fourth-order valence-corrected chi connectivity index (χ4v) is 6.20. The molecule has 0 bridgehead atoms. The van der Waals surface area contributed by atoms with Gasteiger partial charge in [-0.1, -0.05) is 49.2 Å². The standard InChI is InChI=1S/C27H35ClN4O4S/c1-19-10-14-30(15-11-19)24(34)18-32-22-12-16-37-25(22)26(35)31(27(32)36)13-6-2-3-9-23(33)29-17-20-7-4-5-8-21(20)28/h4-5,7-8,12,16,19,22,25H,2-3,6,9-11,13-15,17-18H2,1H3,(H,29,33). The molecule has 3 heterocycles. The van der Waals surface area contributed by atoms with Crippen molar-refractivity contribution >= 4 is 47.1 Å². The van der Waals surface area contributed by atoms with E-state index in [4.69, 9.17) is 11.6 Å². The quantitative estimate of drug-likeness (QED) is 0.447. The van der Waals surface area contributed by atoms with Crippen LogP contribution in [0.3, 0.4) is 0 Å². The number of carbonyl (C=O) groups excluding carboxylic acids is 4. The first-order valence-electron chi connectivity index (χ1n) is 13.1. The van der Waals surface area contributed by atoms with Gasteiger partial charge in [0.1, 0.15) is 11.8 Å². The second kappa shape index (κ2) is 12.8. The van der Waals surface area contributed by atoms with Crippen molar-refractivity contribution in [2.45, 2.75) is 63.3 Å². The molecular formula is C27H35ClN4O4S. The number of unbranched alkanes of at least 4 members (excludes halogenated alkanes) is 2. The Morgan fingerprint density at radius 1 is 1.11 bits per heavy atom. The fraction of sp³-hybridized carbons (Fsp3) is 0.556. The summed E-state index contributed by atoms with van der Waals surface area (Å²) in [6.07, 6.45) is 6.15. The Kier molecular flexibility index (Phi) is 9.54. The molecule has 5 amide bonds. The van der Waals surface area contributed by atoms with E-state index in [9.17, 15) is 19.2 Å². The van der Waals surface area contributed by atoms with Gasteiger partial charge >= 0.3 is 6.03 Å². The van der Waals surface area contributed by atoms with Gasteiger partial charge in [-0.05, 0) is 48.6 Å². The lowest BCUT2D eigenvalue weighted by Gasteiger charge is -2.42. The third-order valence-corrected chi connectivity index (χ3v) is 8.78. The lowest BCUT2D eigenvalue weighted by atomic mass is 9.99. The highest BCUT2D eigenvalue weighted by Gasteiger charge is 2.47. The number of thioether (sulfide) groups is 1. The van der Waals surface area contributed by atoms with Gasteiger partial charge in [-0.25, -0.2) is 4.79 Å². The molecule has 2 fully saturated rings. The molecule has 1 N–H and O–H groups in total. The highest BCUT2D eigenvalue weighted by atomic mass is 35.5. The number of rotatable bonds is 10. The predicted molar refractivity (Wildman–Crippen MR) is 145 cm³/mol. The Hall–Kier alpha value is -2.52. The Labute approximate surface area is 227 Å². The highest BCUT2D eigenvalue weighted by Crippen LogP contribution is 2.34. The molecule has 0 radical (unpaired) electrons. The topological polar surface area (TPSA) is 90.0 Å². The molecule has 4 rings (SSSR count). The van der Waals surface area contributed by atoms with Crippen molar-refractivity contribution < 1.29 is 19.2 Å². The molecule has 0 saturated carbocycles. The molecule has 0 aliphatic carbocycles. The van der Waals surface area contributed by atoms with Gasteiger partial charge in [-0.2, -0.15) is 0 Å². The number of hydrogen-bond acceptors (Lipinski definition) is 5. The average molecular weight is 547 g/mol. The number of halogens is 1. The Bertz CT molecular complexity index is 1040. The monoisotopic (exact) mass is 546 g/mol. The van der Waals surface area contributed by atoms with E-state index >= 15 is 0 Å². The molecule has 3 aliphatic rings. The number of hydrogen-bond donors (Lipinski definition) is 1. The number of urea groups is 1. The molecule has 1 aromatic rings. The van der Waals surface area contributed by atoms with E-state index in [1.807, 2.05) is 34.6 Å². The number of carbonyl (C=O) groups is 4. The van der Waals surface area contributed by atoms with Crippen molar-refractivity contribution in [2.75, 3.05) is 26.2 Å². The van der Waals surface area contributed by atoms with Gasteiger partial charge in [0, 0.05) is 37.6 Å². The van der Waals surface area contributed by atoms with Gasteiger partial charge in [0.2, 0.25) is 17.7 Å². The number of piperidine rings is 1. The largest absolute Gasteiger partial charge is 0.352 e. The molecule has 8 nitrogen and oxygen atoms in total. The minimum absolute atomic E-state index is 0.00529. The second-order valence-corrected chi connectivity index (χ2v) is 11.5. The van der Waals surface area contributed by atoms with E-state index in [2.05, 4.69) is 12.2 Å². The minimum atomic E-state index is -0.400. The predicted octanol–water partition coefficient (Wildman–Crippen LogP) is 4.04. The summed E-state index contributed by atoms with van der Waals surface area (Å²) in [4.78, 5) is 56.2. The van der Waals surface area contributed by atoms with Crippen LogP contribution in [-0.4, -0.2) is 75.9 Å². The molecule has 200 valence electrons. The van der Waals surface area contributed by atoms with Gasteiger partial charge in [-0.15, -0.1) is 11.8 Å². The van der Waals surface area contributed by atoms with Gasteiger partial charge in [0.05, 0.1) is 6.04 Å². The van der Waals surface area contributed by atoms with Crippen molar-refractivity contribution in [1.82, 2.24) is 20.0 Å². The molecule has 10 heteroatoms. The average Bonchev–Trinajstić information content (AvgIpc) is 3.38. The summed E-state index contributed by atoms with van der Waals surface area (Å²) in [5.41, 5.74) is 0.870. The second-order valence-electron chi connectivity index (χ2n) is 10.0. The first-order chi connectivity index (χ1) is 17.8. The van der Waals surface area contributed by atoms with Gasteiger partial charge in [0.25, 0.3) is 0 Å². The molecule has 37 heavy (non-hydrogen) atoms.